The van der Waals surface area contributed by atoms with Crippen molar-refractivity contribution in [2.45, 2.75) is 6.54 Å². The number of phenols is 1. The summed E-state index contributed by atoms with van der Waals surface area (Å²) >= 11 is 1.27. The number of methoxy groups -OCH3 is 2. The summed E-state index contributed by atoms with van der Waals surface area (Å²) in [5, 5.41) is 13.1. The van der Waals surface area contributed by atoms with E-state index in [0.717, 1.165) is 11.3 Å². The topological polar surface area (TPSA) is 80.2 Å². The zero-order valence-corrected chi connectivity index (χ0v) is 15.2. The van der Waals surface area contributed by atoms with Gasteiger partial charge in [-0.1, -0.05) is 18.2 Å². The summed E-state index contributed by atoms with van der Waals surface area (Å²) in [6.07, 6.45) is 1.70. The van der Waals surface area contributed by atoms with E-state index in [1.54, 1.807) is 31.4 Å². The molecule has 0 aliphatic carbocycles. The van der Waals surface area contributed by atoms with Crippen LogP contribution in [0, 0.1) is 0 Å². The van der Waals surface area contributed by atoms with Gasteiger partial charge in [-0.3, -0.25) is 9.79 Å². The van der Waals surface area contributed by atoms with Gasteiger partial charge in [0.1, 0.15) is 5.75 Å². The fourth-order valence-corrected chi connectivity index (χ4v) is 3.16. The van der Waals surface area contributed by atoms with E-state index < -0.39 is 0 Å². The van der Waals surface area contributed by atoms with Gasteiger partial charge in [0.2, 0.25) is 0 Å². The third kappa shape index (κ3) is 4.18. The van der Waals surface area contributed by atoms with Crippen molar-refractivity contribution in [1.82, 2.24) is 5.32 Å². The van der Waals surface area contributed by atoms with Crippen LogP contribution in [-0.2, 0) is 11.3 Å². The normalized spacial score (nSPS) is 16.8. The van der Waals surface area contributed by atoms with Crippen LogP contribution >= 0.6 is 11.8 Å². The maximum absolute atomic E-state index is 12.1. The second kappa shape index (κ2) is 7.97. The van der Waals surface area contributed by atoms with Gasteiger partial charge in [-0.2, -0.15) is 0 Å². The third-order valence-electron chi connectivity index (χ3n) is 3.72. The summed E-state index contributed by atoms with van der Waals surface area (Å²) < 4.78 is 10.1. The summed E-state index contributed by atoms with van der Waals surface area (Å²) in [5.41, 5.74) is 1.73. The van der Waals surface area contributed by atoms with Crippen molar-refractivity contribution in [1.29, 1.82) is 0 Å². The van der Waals surface area contributed by atoms with Crippen molar-refractivity contribution in [3.05, 3.63) is 58.5 Å². The van der Waals surface area contributed by atoms with E-state index in [-0.39, 0.29) is 11.7 Å². The zero-order valence-electron chi connectivity index (χ0n) is 14.4. The van der Waals surface area contributed by atoms with E-state index in [1.807, 2.05) is 24.3 Å². The van der Waals surface area contributed by atoms with Crippen LogP contribution in [0.15, 0.2) is 52.4 Å². The zero-order chi connectivity index (χ0) is 18.5. The molecule has 2 aromatic carbocycles. The number of hydrogen-bond acceptors (Lipinski definition) is 6. The first-order valence-corrected chi connectivity index (χ1v) is 8.66. The minimum atomic E-state index is -0.209. The molecule has 0 aromatic heterocycles. The number of hydrogen-bond donors (Lipinski definition) is 2. The molecular weight excluding hydrogens is 352 g/mol. The predicted octanol–water partition coefficient (Wildman–Crippen LogP) is 3.17. The molecule has 7 heteroatoms. The Balaban J connectivity index is 1.70. The SMILES string of the molecule is COc1ccc(CN=C2NC(=O)/C(=C/c3ccc(OC)c(O)c3)S2)cc1. The van der Waals surface area contributed by atoms with Gasteiger partial charge in [0.05, 0.1) is 25.7 Å². The van der Waals surface area contributed by atoms with Crippen LogP contribution in [0.2, 0.25) is 0 Å². The Hall–Kier alpha value is -2.93. The minimum Gasteiger partial charge on any atom is -0.504 e. The van der Waals surface area contributed by atoms with Crippen LogP contribution in [0.4, 0.5) is 0 Å². The molecule has 1 aliphatic heterocycles. The lowest BCUT2D eigenvalue weighted by Crippen LogP contribution is -2.19. The summed E-state index contributed by atoms with van der Waals surface area (Å²) in [6, 6.07) is 12.6. The van der Waals surface area contributed by atoms with Gasteiger partial charge in [-0.15, -0.1) is 0 Å². The summed E-state index contributed by atoms with van der Waals surface area (Å²) in [7, 11) is 3.11. The highest BCUT2D eigenvalue weighted by Crippen LogP contribution is 2.30. The number of ether oxygens (including phenoxy) is 2. The van der Waals surface area contributed by atoms with E-state index in [2.05, 4.69) is 10.3 Å². The van der Waals surface area contributed by atoms with Crippen LogP contribution in [0.25, 0.3) is 6.08 Å². The molecule has 26 heavy (non-hydrogen) atoms. The number of aliphatic imine (C=N–C) groups is 1. The standard InChI is InChI=1S/C19H18N2O4S/c1-24-14-6-3-12(4-7-14)11-20-19-21-18(23)17(26-19)10-13-5-8-16(25-2)15(22)9-13/h3-10,22H,11H2,1-2H3,(H,20,21,23)/b17-10-. The fraction of sp³-hybridized carbons (Fsp3) is 0.158. The number of nitrogens with one attached hydrogen (secondary N) is 1. The first kappa shape index (κ1) is 17.9. The lowest BCUT2D eigenvalue weighted by molar-refractivity contribution is -0.115. The molecule has 1 amide bonds. The van der Waals surface area contributed by atoms with E-state index in [4.69, 9.17) is 9.47 Å². The Kier molecular flexibility index (Phi) is 5.48. The van der Waals surface area contributed by atoms with E-state index in [0.29, 0.717) is 27.9 Å². The highest BCUT2D eigenvalue weighted by molar-refractivity contribution is 8.18. The maximum atomic E-state index is 12.1. The molecule has 1 fully saturated rings. The number of aromatic hydroxyl groups is 1. The van der Waals surface area contributed by atoms with Gasteiger partial charge in [-0.05, 0) is 53.2 Å². The molecule has 0 spiro atoms. The van der Waals surface area contributed by atoms with Crippen molar-refractivity contribution in [2.24, 2.45) is 4.99 Å². The second-order valence-electron chi connectivity index (χ2n) is 5.47. The molecule has 0 bridgehead atoms. The maximum Gasteiger partial charge on any atom is 0.264 e. The molecule has 6 nitrogen and oxygen atoms in total. The highest BCUT2D eigenvalue weighted by Gasteiger charge is 2.23. The Morgan fingerprint density at radius 1 is 1.15 bits per heavy atom. The fourth-order valence-electron chi connectivity index (χ4n) is 2.34. The third-order valence-corrected chi connectivity index (χ3v) is 4.66. The molecule has 0 unspecified atom stereocenters. The Labute approximate surface area is 155 Å². The van der Waals surface area contributed by atoms with Crippen LogP contribution in [-0.4, -0.2) is 30.4 Å². The number of rotatable bonds is 5. The molecule has 1 heterocycles. The van der Waals surface area contributed by atoms with Crippen molar-refractivity contribution >= 4 is 28.9 Å². The predicted molar refractivity (Wildman–Crippen MR) is 103 cm³/mol. The van der Waals surface area contributed by atoms with E-state index in [9.17, 15) is 9.90 Å². The van der Waals surface area contributed by atoms with Gasteiger partial charge in [0, 0.05) is 0 Å². The van der Waals surface area contributed by atoms with Gasteiger partial charge < -0.3 is 19.9 Å². The van der Waals surface area contributed by atoms with Gasteiger partial charge >= 0.3 is 0 Å². The largest absolute Gasteiger partial charge is 0.504 e. The number of nitrogens with zero attached hydrogens (tertiary/aromatic N) is 1. The van der Waals surface area contributed by atoms with Crippen LogP contribution in [0.1, 0.15) is 11.1 Å². The molecule has 2 aromatic rings. The minimum absolute atomic E-state index is 0.0265. The van der Waals surface area contributed by atoms with Gasteiger partial charge in [0.25, 0.3) is 5.91 Å². The van der Waals surface area contributed by atoms with Crippen molar-refractivity contribution < 1.29 is 19.4 Å². The molecule has 2 N–H and O–H groups in total. The van der Waals surface area contributed by atoms with Gasteiger partial charge in [-0.25, -0.2) is 0 Å². The molecular formula is C19H18N2O4S. The quantitative estimate of drug-likeness (QED) is 0.790. The smallest absolute Gasteiger partial charge is 0.264 e. The Morgan fingerprint density at radius 3 is 2.58 bits per heavy atom. The summed E-state index contributed by atoms with van der Waals surface area (Å²) in [4.78, 5) is 17.1. The van der Waals surface area contributed by atoms with Crippen LogP contribution in [0.3, 0.4) is 0 Å². The molecule has 134 valence electrons. The van der Waals surface area contributed by atoms with Crippen molar-refractivity contribution in [3.8, 4) is 17.2 Å². The average Bonchev–Trinajstić information content (AvgIpc) is 3.00. The van der Waals surface area contributed by atoms with E-state index >= 15 is 0 Å². The number of carbonyl (C=O) groups excluding carboxylic acids is 1. The molecule has 3 rings (SSSR count). The molecule has 1 saturated heterocycles. The first-order valence-electron chi connectivity index (χ1n) is 7.84. The van der Waals surface area contributed by atoms with Crippen molar-refractivity contribution in [2.75, 3.05) is 14.2 Å². The lowest BCUT2D eigenvalue weighted by Gasteiger charge is -2.03. The second-order valence-corrected chi connectivity index (χ2v) is 6.50. The average molecular weight is 370 g/mol. The van der Waals surface area contributed by atoms with Crippen LogP contribution < -0.4 is 14.8 Å². The van der Waals surface area contributed by atoms with E-state index in [1.165, 1.54) is 18.9 Å². The summed E-state index contributed by atoms with van der Waals surface area (Å²) in [6.45, 7) is 0.462. The monoisotopic (exact) mass is 370 g/mol. The van der Waals surface area contributed by atoms with Gasteiger partial charge in [0.15, 0.2) is 16.7 Å². The lowest BCUT2D eigenvalue weighted by atomic mass is 10.2. The highest BCUT2D eigenvalue weighted by atomic mass is 32.2. The van der Waals surface area contributed by atoms with Crippen molar-refractivity contribution in [3.63, 3.8) is 0 Å². The molecule has 0 saturated carbocycles. The number of benzene rings is 2. The summed E-state index contributed by atoms with van der Waals surface area (Å²) in [5.74, 6) is 0.993. The number of carbonyl (C=O) groups is 1. The molecule has 0 radical (unpaired) electrons. The number of amides is 1. The first-order chi connectivity index (χ1) is 12.6. The van der Waals surface area contributed by atoms with Crippen LogP contribution in [0.5, 0.6) is 17.2 Å². The Morgan fingerprint density at radius 2 is 1.92 bits per heavy atom. The number of phenolic OH excluding ortho intramolecular Hbond substituents is 1. The number of amidine groups is 1. The molecule has 1 aliphatic rings. The molecule has 0 atom stereocenters. The number of thioether (sulfide) groups is 1. The Bertz CT molecular complexity index is 876.